The Morgan fingerprint density at radius 3 is 2.21 bits per heavy atom. The summed E-state index contributed by atoms with van der Waals surface area (Å²) >= 11 is 0. The van der Waals surface area contributed by atoms with E-state index < -0.39 is 19.3 Å². The van der Waals surface area contributed by atoms with E-state index in [0.717, 1.165) is 5.54 Å². The Balaban J connectivity index is 2.10. The number of rotatable bonds is 7. The second-order valence-corrected chi connectivity index (χ2v) is 7.30. The van der Waals surface area contributed by atoms with E-state index in [1.165, 1.54) is 25.7 Å². The normalized spacial score (nSPS) is 19.1. The van der Waals surface area contributed by atoms with Crippen LogP contribution >= 0.6 is 0 Å². The minimum absolute atomic E-state index is 0.405. The molecule has 1 rings (SSSR count). The molecule has 0 bridgehead atoms. The molecule has 1 aliphatic carbocycles. The van der Waals surface area contributed by atoms with Crippen molar-refractivity contribution in [1.29, 1.82) is 0 Å². The van der Waals surface area contributed by atoms with Gasteiger partial charge in [0.1, 0.15) is 0 Å². The van der Waals surface area contributed by atoms with Gasteiger partial charge in [-0.05, 0) is 19.4 Å². The summed E-state index contributed by atoms with van der Waals surface area (Å²) in [5.41, 5.74) is 0.885. The van der Waals surface area contributed by atoms with E-state index >= 15 is 0 Å². The van der Waals surface area contributed by atoms with E-state index in [9.17, 15) is 0 Å². The van der Waals surface area contributed by atoms with Crippen LogP contribution in [0.5, 0.6) is 0 Å². The molecule has 3 nitrogen and oxygen atoms in total. The summed E-state index contributed by atoms with van der Waals surface area (Å²) in [6.45, 7) is 5.38. The fraction of sp³-hybridized carbons (Fsp3) is 1.00. The Bertz CT molecular complexity index is 134. The Hall–Kier alpha value is 0.314. The van der Waals surface area contributed by atoms with E-state index in [1.807, 2.05) is 13.8 Å². The van der Waals surface area contributed by atoms with Crippen LogP contribution in [0, 0.1) is 0 Å². The van der Waals surface area contributed by atoms with Gasteiger partial charge in [-0.1, -0.05) is 25.7 Å². The highest BCUT2D eigenvalue weighted by Gasteiger charge is 2.22. The third-order valence-electron chi connectivity index (χ3n) is 2.44. The maximum absolute atomic E-state index is 5.80. The van der Waals surface area contributed by atoms with Crippen LogP contribution in [0.1, 0.15) is 39.5 Å². The van der Waals surface area contributed by atoms with Gasteiger partial charge in [-0.15, -0.1) is 0 Å². The highest BCUT2D eigenvalue weighted by molar-refractivity contribution is 6.48. The van der Waals surface area contributed by atoms with E-state index in [-0.39, 0.29) is 0 Å². The third kappa shape index (κ3) is 4.70. The van der Waals surface area contributed by atoms with Gasteiger partial charge in [0.25, 0.3) is 0 Å². The number of hydrogen-bond acceptors (Lipinski definition) is 3. The zero-order valence-corrected chi connectivity index (χ0v) is 11.7. The van der Waals surface area contributed by atoms with Gasteiger partial charge in [0.15, 0.2) is 9.76 Å². The summed E-state index contributed by atoms with van der Waals surface area (Å²) in [4.78, 5) is 0. The van der Waals surface area contributed by atoms with Crippen LogP contribution in [-0.2, 0) is 13.0 Å². The fourth-order valence-corrected chi connectivity index (χ4v) is 5.34. The molecule has 1 aliphatic rings. The average Bonchev–Trinajstić information content (AvgIpc) is 2.67. The summed E-state index contributed by atoms with van der Waals surface area (Å²) in [5.74, 6) is 0. The molecular weight excluding hydrogens is 212 g/mol. The molecule has 14 heavy (non-hydrogen) atoms. The lowest BCUT2D eigenvalue weighted by Crippen LogP contribution is -2.29. The molecule has 0 aromatic rings. The van der Waals surface area contributed by atoms with Crippen LogP contribution in [0.2, 0.25) is 5.54 Å². The molecule has 0 N–H and O–H groups in total. The molecule has 1 fully saturated rings. The van der Waals surface area contributed by atoms with Crippen molar-refractivity contribution in [1.82, 2.24) is 0 Å². The molecule has 1 radical (unpaired) electrons. The molecule has 0 heterocycles. The van der Waals surface area contributed by atoms with Crippen molar-refractivity contribution in [3.05, 3.63) is 0 Å². The van der Waals surface area contributed by atoms with Gasteiger partial charge in [-0.3, -0.25) is 0 Å². The fourth-order valence-electron chi connectivity index (χ4n) is 1.72. The van der Waals surface area contributed by atoms with Crippen LogP contribution in [0.3, 0.4) is 0 Å². The second-order valence-electron chi connectivity index (χ2n) is 3.58. The SMILES string of the molecule is CCO[Si](OCC)O[SiH2]C1CCCC1. The Morgan fingerprint density at radius 1 is 1.14 bits per heavy atom. The van der Waals surface area contributed by atoms with Crippen molar-refractivity contribution >= 4 is 19.3 Å². The molecule has 0 aliphatic heterocycles. The van der Waals surface area contributed by atoms with Crippen LogP contribution in [-0.4, -0.2) is 32.5 Å². The predicted molar refractivity (Wildman–Crippen MR) is 60.9 cm³/mol. The van der Waals surface area contributed by atoms with Gasteiger partial charge in [0.05, 0.1) is 0 Å². The lowest BCUT2D eigenvalue weighted by atomic mass is 10.4. The zero-order valence-electron chi connectivity index (χ0n) is 9.25. The van der Waals surface area contributed by atoms with Crippen LogP contribution in [0.25, 0.3) is 0 Å². The van der Waals surface area contributed by atoms with Crippen LogP contribution in [0.4, 0.5) is 0 Å². The van der Waals surface area contributed by atoms with E-state index in [0.29, 0.717) is 13.2 Å². The van der Waals surface area contributed by atoms with Crippen molar-refractivity contribution in [3.63, 3.8) is 0 Å². The van der Waals surface area contributed by atoms with Crippen molar-refractivity contribution < 1.29 is 13.0 Å². The molecule has 5 heteroatoms. The molecule has 0 atom stereocenters. The first-order chi connectivity index (χ1) is 6.86. The number of hydrogen-bond donors (Lipinski definition) is 0. The van der Waals surface area contributed by atoms with Gasteiger partial charge >= 0.3 is 9.53 Å². The first-order valence-corrected chi connectivity index (χ1v) is 8.24. The molecule has 0 aromatic heterocycles. The smallest absolute Gasteiger partial charge is 0.419 e. The highest BCUT2D eigenvalue weighted by atomic mass is 28.4. The Kier molecular flexibility index (Phi) is 6.71. The summed E-state index contributed by atoms with van der Waals surface area (Å²) in [6.07, 6.45) is 5.54. The van der Waals surface area contributed by atoms with Gasteiger partial charge in [0.2, 0.25) is 0 Å². The largest absolute Gasteiger partial charge is 0.566 e. The molecule has 0 spiro atoms. The predicted octanol–water partition coefficient (Wildman–Crippen LogP) is 1.51. The minimum Gasteiger partial charge on any atom is -0.419 e. The van der Waals surface area contributed by atoms with Crippen LogP contribution < -0.4 is 0 Å². The van der Waals surface area contributed by atoms with Crippen molar-refractivity contribution in [2.75, 3.05) is 13.2 Å². The molecule has 1 saturated carbocycles. The van der Waals surface area contributed by atoms with Gasteiger partial charge in [-0.25, -0.2) is 0 Å². The Labute approximate surface area is 91.0 Å². The van der Waals surface area contributed by atoms with E-state index in [1.54, 1.807) is 0 Å². The highest BCUT2D eigenvalue weighted by Crippen LogP contribution is 2.29. The van der Waals surface area contributed by atoms with Gasteiger partial charge in [0, 0.05) is 13.2 Å². The lowest BCUT2D eigenvalue weighted by molar-refractivity contribution is 0.154. The van der Waals surface area contributed by atoms with Crippen LogP contribution in [0.15, 0.2) is 0 Å². The summed E-state index contributed by atoms with van der Waals surface area (Å²) in [5, 5.41) is 0. The van der Waals surface area contributed by atoms with Crippen molar-refractivity contribution in [2.45, 2.75) is 45.1 Å². The summed E-state index contributed by atoms with van der Waals surface area (Å²) < 4.78 is 16.7. The molecule has 0 amide bonds. The van der Waals surface area contributed by atoms with E-state index in [4.69, 9.17) is 13.0 Å². The van der Waals surface area contributed by atoms with E-state index in [2.05, 4.69) is 0 Å². The minimum atomic E-state index is -1.37. The van der Waals surface area contributed by atoms with Gasteiger partial charge < -0.3 is 13.0 Å². The topological polar surface area (TPSA) is 27.7 Å². The Morgan fingerprint density at radius 2 is 1.71 bits per heavy atom. The summed E-state index contributed by atoms with van der Waals surface area (Å²) in [7, 11) is -1.78. The van der Waals surface area contributed by atoms with Crippen molar-refractivity contribution in [3.8, 4) is 0 Å². The maximum Gasteiger partial charge on any atom is 0.566 e. The monoisotopic (exact) mass is 233 g/mol. The molecule has 83 valence electrons. The average molecular weight is 233 g/mol. The summed E-state index contributed by atoms with van der Waals surface area (Å²) in [6, 6.07) is 0. The lowest BCUT2D eigenvalue weighted by Gasteiger charge is -2.15. The first-order valence-electron chi connectivity index (χ1n) is 5.62. The maximum atomic E-state index is 5.80. The molecule has 0 saturated heterocycles. The second kappa shape index (κ2) is 7.59. The molecular formula is C9H21O3Si2. The third-order valence-corrected chi connectivity index (χ3v) is 6.38. The standard InChI is InChI=1S/C9H21O3Si2/c1-3-10-14(11-4-2)12-13-9-7-5-6-8-9/h9H,3-8,13H2,1-2H3. The molecule has 0 unspecified atom stereocenters. The quantitative estimate of drug-likeness (QED) is 0.624. The first kappa shape index (κ1) is 12.4. The van der Waals surface area contributed by atoms with Crippen molar-refractivity contribution in [2.24, 2.45) is 0 Å². The zero-order chi connectivity index (χ0) is 10.2. The molecule has 0 aromatic carbocycles. The van der Waals surface area contributed by atoms with Gasteiger partial charge in [-0.2, -0.15) is 0 Å².